The molecular weight excluding hydrogens is 370 g/mol. The van der Waals surface area contributed by atoms with Crippen LogP contribution in [0.1, 0.15) is 24.2 Å². The Hall–Kier alpha value is -2.27. The molecule has 0 saturated heterocycles. The number of anilines is 1. The molecule has 0 spiro atoms. The van der Waals surface area contributed by atoms with E-state index in [2.05, 4.69) is 27.8 Å². The summed E-state index contributed by atoms with van der Waals surface area (Å²) in [7, 11) is 0. The van der Waals surface area contributed by atoms with Crippen LogP contribution >= 0.6 is 15.9 Å². The van der Waals surface area contributed by atoms with Gasteiger partial charge in [-0.3, -0.25) is 4.79 Å². The van der Waals surface area contributed by atoms with Gasteiger partial charge < -0.3 is 14.8 Å². The van der Waals surface area contributed by atoms with Crippen molar-refractivity contribution in [2.24, 2.45) is 0 Å². The molecule has 4 nitrogen and oxygen atoms in total. The molecule has 0 unspecified atom stereocenters. The summed E-state index contributed by atoms with van der Waals surface area (Å²) in [5.41, 5.74) is 2.06. The van der Waals surface area contributed by atoms with Gasteiger partial charge in [-0.25, -0.2) is 0 Å². The van der Waals surface area contributed by atoms with Crippen molar-refractivity contribution in [3.63, 3.8) is 0 Å². The lowest BCUT2D eigenvalue weighted by molar-refractivity contribution is 0.102. The number of halogens is 1. The number of hydrogen-bond acceptors (Lipinski definition) is 3. The van der Waals surface area contributed by atoms with Crippen molar-refractivity contribution < 1.29 is 14.3 Å². The zero-order valence-corrected chi connectivity index (χ0v) is 15.4. The average molecular weight is 390 g/mol. The van der Waals surface area contributed by atoms with Gasteiger partial charge in [0.25, 0.3) is 5.91 Å². The van der Waals surface area contributed by atoms with E-state index in [1.807, 2.05) is 38.1 Å². The van der Waals surface area contributed by atoms with Gasteiger partial charge in [0, 0.05) is 16.2 Å². The molecule has 0 aliphatic rings. The summed E-state index contributed by atoms with van der Waals surface area (Å²) in [6, 6.07) is 12.6. The van der Waals surface area contributed by atoms with Crippen LogP contribution < -0.4 is 14.8 Å². The van der Waals surface area contributed by atoms with Crippen LogP contribution in [0.5, 0.6) is 11.5 Å². The molecule has 2 aromatic rings. The first-order valence-corrected chi connectivity index (χ1v) is 8.40. The van der Waals surface area contributed by atoms with Crippen LogP contribution in [-0.4, -0.2) is 19.1 Å². The van der Waals surface area contributed by atoms with Crippen molar-refractivity contribution >= 4 is 27.5 Å². The van der Waals surface area contributed by atoms with Crippen LogP contribution in [0.4, 0.5) is 5.69 Å². The summed E-state index contributed by atoms with van der Waals surface area (Å²) in [5, 5.41) is 2.87. The van der Waals surface area contributed by atoms with Crippen molar-refractivity contribution in [1.29, 1.82) is 0 Å². The number of benzene rings is 2. The van der Waals surface area contributed by atoms with Gasteiger partial charge in [-0.15, -0.1) is 0 Å². The van der Waals surface area contributed by atoms with E-state index in [9.17, 15) is 4.79 Å². The van der Waals surface area contributed by atoms with E-state index in [0.29, 0.717) is 36.0 Å². The van der Waals surface area contributed by atoms with Crippen LogP contribution in [0.15, 0.2) is 59.1 Å². The smallest absolute Gasteiger partial charge is 0.259 e. The minimum atomic E-state index is -0.239. The molecule has 0 radical (unpaired) electrons. The molecule has 1 amide bonds. The monoisotopic (exact) mass is 389 g/mol. The minimum absolute atomic E-state index is 0.239. The fourth-order valence-electron chi connectivity index (χ4n) is 2.03. The molecule has 0 aliphatic heterocycles. The molecule has 0 aromatic heterocycles. The van der Waals surface area contributed by atoms with Crippen molar-refractivity contribution in [3.05, 3.63) is 64.7 Å². The quantitative estimate of drug-likeness (QED) is 0.673. The standard InChI is InChI=1S/C19H20BrNO3/c1-4-23-18-9-8-14(20)10-17(18)19(22)21-15-6-5-7-16(11-15)24-12-13(2)3/h5-11H,2,4,12H2,1,3H3,(H,21,22). The molecule has 0 bridgehead atoms. The first kappa shape index (κ1) is 18.1. The van der Waals surface area contributed by atoms with E-state index in [4.69, 9.17) is 9.47 Å². The van der Waals surface area contributed by atoms with Crippen molar-refractivity contribution in [2.45, 2.75) is 13.8 Å². The lowest BCUT2D eigenvalue weighted by Gasteiger charge is -2.12. The Morgan fingerprint density at radius 3 is 2.71 bits per heavy atom. The topological polar surface area (TPSA) is 47.6 Å². The molecule has 1 N–H and O–H groups in total. The Morgan fingerprint density at radius 1 is 1.21 bits per heavy atom. The number of rotatable bonds is 7. The average Bonchev–Trinajstić information content (AvgIpc) is 2.55. The van der Waals surface area contributed by atoms with E-state index in [-0.39, 0.29) is 5.91 Å². The summed E-state index contributed by atoms with van der Waals surface area (Å²) in [5.74, 6) is 0.986. The number of amides is 1. The molecular formula is C19H20BrNO3. The molecule has 0 saturated carbocycles. The van der Waals surface area contributed by atoms with Gasteiger partial charge in [0.05, 0.1) is 12.2 Å². The molecule has 5 heteroatoms. The van der Waals surface area contributed by atoms with E-state index in [1.165, 1.54) is 0 Å². The highest BCUT2D eigenvalue weighted by molar-refractivity contribution is 9.10. The van der Waals surface area contributed by atoms with E-state index in [1.54, 1.807) is 18.2 Å². The van der Waals surface area contributed by atoms with Gasteiger partial charge in [0.2, 0.25) is 0 Å². The lowest BCUT2D eigenvalue weighted by Crippen LogP contribution is -2.14. The van der Waals surface area contributed by atoms with Crippen LogP contribution in [0, 0.1) is 0 Å². The van der Waals surface area contributed by atoms with Crippen LogP contribution in [-0.2, 0) is 0 Å². The molecule has 24 heavy (non-hydrogen) atoms. The zero-order valence-electron chi connectivity index (χ0n) is 13.8. The second kappa shape index (κ2) is 8.55. The minimum Gasteiger partial charge on any atom is -0.493 e. The summed E-state index contributed by atoms with van der Waals surface area (Å²) < 4.78 is 11.9. The van der Waals surface area contributed by atoms with E-state index in [0.717, 1.165) is 10.0 Å². The molecule has 0 heterocycles. The molecule has 0 atom stereocenters. The van der Waals surface area contributed by atoms with Gasteiger partial charge in [0.1, 0.15) is 18.1 Å². The number of ether oxygens (including phenoxy) is 2. The highest BCUT2D eigenvalue weighted by Gasteiger charge is 2.14. The Kier molecular flexibility index (Phi) is 6.44. The molecule has 0 aliphatic carbocycles. The van der Waals surface area contributed by atoms with Crippen LogP contribution in [0.25, 0.3) is 0 Å². The Balaban J connectivity index is 2.16. The van der Waals surface area contributed by atoms with Crippen molar-refractivity contribution in [2.75, 3.05) is 18.5 Å². The Morgan fingerprint density at radius 2 is 2.00 bits per heavy atom. The highest BCUT2D eigenvalue weighted by atomic mass is 79.9. The first-order valence-electron chi connectivity index (χ1n) is 7.60. The Labute approximate surface area is 150 Å². The molecule has 2 aromatic carbocycles. The third-order valence-electron chi connectivity index (χ3n) is 3.06. The van der Waals surface area contributed by atoms with E-state index >= 15 is 0 Å². The summed E-state index contributed by atoms with van der Waals surface area (Å²) >= 11 is 3.38. The second-order valence-electron chi connectivity index (χ2n) is 5.30. The number of hydrogen-bond donors (Lipinski definition) is 1. The molecule has 0 fully saturated rings. The number of nitrogens with one attached hydrogen (secondary N) is 1. The number of carbonyl (C=O) groups excluding carboxylic acids is 1. The molecule has 126 valence electrons. The lowest BCUT2D eigenvalue weighted by atomic mass is 10.2. The second-order valence-corrected chi connectivity index (χ2v) is 6.22. The van der Waals surface area contributed by atoms with Gasteiger partial charge in [0.15, 0.2) is 0 Å². The van der Waals surface area contributed by atoms with Crippen molar-refractivity contribution in [3.8, 4) is 11.5 Å². The molecule has 2 rings (SSSR count). The largest absolute Gasteiger partial charge is 0.493 e. The number of carbonyl (C=O) groups is 1. The zero-order chi connectivity index (χ0) is 17.5. The maximum atomic E-state index is 12.6. The maximum absolute atomic E-state index is 12.6. The Bertz CT molecular complexity index is 743. The fraction of sp³-hybridized carbons (Fsp3) is 0.211. The normalized spacial score (nSPS) is 10.1. The predicted octanol–water partition coefficient (Wildman–Crippen LogP) is 5.06. The third kappa shape index (κ3) is 5.13. The SMILES string of the molecule is C=C(C)COc1cccc(NC(=O)c2cc(Br)ccc2OCC)c1. The first-order chi connectivity index (χ1) is 11.5. The summed E-state index contributed by atoms with van der Waals surface area (Å²) in [4.78, 5) is 12.6. The maximum Gasteiger partial charge on any atom is 0.259 e. The third-order valence-corrected chi connectivity index (χ3v) is 3.56. The summed E-state index contributed by atoms with van der Waals surface area (Å²) in [6.45, 7) is 8.52. The van der Waals surface area contributed by atoms with Gasteiger partial charge >= 0.3 is 0 Å². The predicted molar refractivity (Wildman–Crippen MR) is 100 cm³/mol. The van der Waals surface area contributed by atoms with Crippen LogP contribution in [0.3, 0.4) is 0 Å². The highest BCUT2D eigenvalue weighted by Crippen LogP contribution is 2.25. The summed E-state index contributed by atoms with van der Waals surface area (Å²) in [6.07, 6.45) is 0. The van der Waals surface area contributed by atoms with Gasteiger partial charge in [-0.05, 0) is 49.8 Å². The van der Waals surface area contributed by atoms with Crippen molar-refractivity contribution in [1.82, 2.24) is 0 Å². The van der Waals surface area contributed by atoms with Crippen LogP contribution in [0.2, 0.25) is 0 Å². The van der Waals surface area contributed by atoms with Gasteiger partial charge in [-0.2, -0.15) is 0 Å². The van der Waals surface area contributed by atoms with E-state index < -0.39 is 0 Å². The van der Waals surface area contributed by atoms with Gasteiger partial charge in [-0.1, -0.05) is 28.6 Å². The fourth-order valence-corrected chi connectivity index (χ4v) is 2.39.